The van der Waals surface area contributed by atoms with Crippen LogP contribution < -0.4 is 5.32 Å². The number of para-hydroxylation sites is 1. The highest BCUT2D eigenvalue weighted by Gasteiger charge is 2.23. The summed E-state index contributed by atoms with van der Waals surface area (Å²) in [5.74, 6) is -0.835. The smallest absolute Gasteiger partial charge is 0.375 e. The topological polar surface area (TPSA) is 68.5 Å². The fourth-order valence-electron chi connectivity index (χ4n) is 2.95. The first-order chi connectivity index (χ1) is 13.3. The van der Waals surface area contributed by atoms with Crippen LogP contribution in [0.2, 0.25) is 5.02 Å². The molecule has 28 heavy (non-hydrogen) atoms. The number of ether oxygens (including phenoxy) is 1. The second kappa shape index (κ2) is 8.07. The second-order valence-electron chi connectivity index (χ2n) is 7.02. The van der Waals surface area contributed by atoms with Crippen molar-refractivity contribution in [2.45, 2.75) is 39.7 Å². The fraction of sp³-hybridized carbons (Fsp3) is 0.273. The molecule has 1 N–H and O–H groups in total. The molecule has 0 spiro atoms. The molecule has 3 rings (SSSR count). The Morgan fingerprint density at radius 1 is 1.11 bits per heavy atom. The quantitative estimate of drug-likeness (QED) is 0.558. The van der Waals surface area contributed by atoms with Crippen LogP contribution in [0.1, 0.15) is 48.4 Å². The number of anilines is 1. The Hall–Kier alpha value is -2.79. The van der Waals surface area contributed by atoms with Crippen LogP contribution in [-0.2, 0) is 9.53 Å². The van der Waals surface area contributed by atoms with Crippen molar-refractivity contribution < 1.29 is 18.7 Å². The summed E-state index contributed by atoms with van der Waals surface area (Å²) in [6.45, 7) is 7.57. The number of esters is 1. The molecule has 0 bridgehead atoms. The summed E-state index contributed by atoms with van der Waals surface area (Å²) in [5.41, 5.74) is 3.26. The van der Waals surface area contributed by atoms with Gasteiger partial charge in [-0.05, 0) is 55.2 Å². The summed E-state index contributed by atoms with van der Waals surface area (Å²) in [6.07, 6.45) is -0.982. The van der Waals surface area contributed by atoms with Gasteiger partial charge in [0.1, 0.15) is 5.58 Å². The molecular weight excluding hydrogens is 378 g/mol. The Kier molecular flexibility index (Phi) is 5.75. The number of hydrogen-bond acceptors (Lipinski definition) is 4. The molecule has 0 aliphatic carbocycles. The molecule has 0 saturated carbocycles. The van der Waals surface area contributed by atoms with Gasteiger partial charge in [0.15, 0.2) is 6.10 Å². The molecule has 0 aliphatic heterocycles. The summed E-state index contributed by atoms with van der Waals surface area (Å²) in [6, 6.07) is 12.5. The molecule has 0 aliphatic rings. The minimum atomic E-state index is -0.982. The molecule has 146 valence electrons. The SMILES string of the molecule is Cc1cccc(C(C)C)c1NC(=O)[C@@H](C)OC(=O)c1cc2cc(Cl)ccc2o1. The zero-order valence-corrected chi connectivity index (χ0v) is 17.0. The molecular formula is C22H22ClNO4. The Labute approximate surface area is 168 Å². The van der Waals surface area contributed by atoms with Gasteiger partial charge in [0.25, 0.3) is 5.91 Å². The molecule has 3 aromatic rings. The van der Waals surface area contributed by atoms with E-state index in [0.29, 0.717) is 16.0 Å². The van der Waals surface area contributed by atoms with Gasteiger partial charge < -0.3 is 14.5 Å². The van der Waals surface area contributed by atoms with Crippen molar-refractivity contribution in [3.8, 4) is 0 Å². The van der Waals surface area contributed by atoms with Crippen molar-refractivity contribution >= 4 is 40.1 Å². The van der Waals surface area contributed by atoms with Crippen molar-refractivity contribution in [1.82, 2.24) is 0 Å². The van der Waals surface area contributed by atoms with E-state index in [1.54, 1.807) is 24.3 Å². The number of hydrogen-bond donors (Lipinski definition) is 1. The molecule has 1 aromatic heterocycles. The third-order valence-electron chi connectivity index (χ3n) is 4.51. The van der Waals surface area contributed by atoms with E-state index >= 15 is 0 Å². The van der Waals surface area contributed by atoms with E-state index in [0.717, 1.165) is 16.8 Å². The van der Waals surface area contributed by atoms with Crippen LogP contribution in [-0.4, -0.2) is 18.0 Å². The first-order valence-corrected chi connectivity index (χ1v) is 9.44. The molecule has 1 heterocycles. The Morgan fingerprint density at radius 3 is 2.57 bits per heavy atom. The van der Waals surface area contributed by atoms with E-state index in [4.69, 9.17) is 20.8 Å². The van der Waals surface area contributed by atoms with E-state index in [2.05, 4.69) is 19.2 Å². The van der Waals surface area contributed by atoms with E-state index in [-0.39, 0.29) is 11.7 Å². The predicted octanol–water partition coefficient (Wildman–Crippen LogP) is 5.70. The van der Waals surface area contributed by atoms with Gasteiger partial charge in [-0.2, -0.15) is 0 Å². The van der Waals surface area contributed by atoms with Crippen molar-refractivity contribution in [2.75, 3.05) is 5.32 Å². The Bertz CT molecular complexity index is 1040. The van der Waals surface area contributed by atoms with Crippen molar-refractivity contribution in [3.05, 3.63) is 64.4 Å². The number of amides is 1. The van der Waals surface area contributed by atoms with Gasteiger partial charge in [0.2, 0.25) is 5.76 Å². The molecule has 2 aromatic carbocycles. The van der Waals surface area contributed by atoms with E-state index in [9.17, 15) is 9.59 Å². The number of rotatable bonds is 5. The lowest BCUT2D eigenvalue weighted by Gasteiger charge is -2.18. The third kappa shape index (κ3) is 4.20. The van der Waals surface area contributed by atoms with Crippen LogP contribution in [0.5, 0.6) is 0 Å². The molecule has 5 nitrogen and oxygen atoms in total. The van der Waals surface area contributed by atoms with Crippen molar-refractivity contribution in [2.24, 2.45) is 0 Å². The van der Waals surface area contributed by atoms with E-state index in [1.807, 2.05) is 25.1 Å². The lowest BCUT2D eigenvalue weighted by molar-refractivity contribution is -0.123. The van der Waals surface area contributed by atoms with Gasteiger partial charge >= 0.3 is 5.97 Å². The number of aryl methyl sites for hydroxylation is 1. The van der Waals surface area contributed by atoms with E-state index < -0.39 is 18.0 Å². The second-order valence-corrected chi connectivity index (χ2v) is 7.46. The van der Waals surface area contributed by atoms with Gasteiger partial charge in [0, 0.05) is 16.1 Å². The molecule has 1 atom stereocenters. The van der Waals surface area contributed by atoms with Crippen LogP contribution in [0.3, 0.4) is 0 Å². The highest BCUT2D eigenvalue weighted by atomic mass is 35.5. The van der Waals surface area contributed by atoms with Crippen LogP contribution in [0.15, 0.2) is 46.9 Å². The number of nitrogens with one attached hydrogen (secondary N) is 1. The molecule has 0 saturated heterocycles. The molecule has 6 heteroatoms. The summed E-state index contributed by atoms with van der Waals surface area (Å²) < 4.78 is 10.8. The largest absolute Gasteiger partial charge is 0.449 e. The molecule has 0 fully saturated rings. The van der Waals surface area contributed by atoms with Gasteiger partial charge in [0.05, 0.1) is 0 Å². The summed E-state index contributed by atoms with van der Waals surface area (Å²) in [7, 11) is 0. The Morgan fingerprint density at radius 2 is 1.86 bits per heavy atom. The summed E-state index contributed by atoms with van der Waals surface area (Å²) in [5, 5.41) is 4.12. The molecule has 0 radical (unpaired) electrons. The summed E-state index contributed by atoms with van der Waals surface area (Å²) in [4.78, 5) is 25.0. The zero-order valence-electron chi connectivity index (χ0n) is 16.2. The van der Waals surface area contributed by atoms with Crippen LogP contribution in [0.4, 0.5) is 5.69 Å². The maximum absolute atomic E-state index is 12.6. The predicted molar refractivity (Wildman–Crippen MR) is 110 cm³/mol. The standard InChI is InChI=1S/C22H22ClNO4/c1-12(2)17-7-5-6-13(3)20(17)24-21(25)14(4)27-22(26)19-11-15-10-16(23)8-9-18(15)28-19/h5-12,14H,1-4H3,(H,24,25)/t14-/m1/s1. The van der Waals surface area contributed by atoms with Crippen LogP contribution >= 0.6 is 11.6 Å². The van der Waals surface area contributed by atoms with Gasteiger partial charge in [-0.3, -0.25) is 4.79 Å². The number of furan rings is 1. The van der Waals surface area contributed by atoms with Gasteiger partial charge in [-0.25, -0.2) is 4.79 Å². The minimum absolute atomic E-state index is 0.0238. The highest BCUT2D eigenvalue weighted by Crippen LogP contribution is 2.28. The maximum atomic E-state index is 12.6. The first kappa shape index (κ1) is 20.0. The van der Waals surface area contributed by atoms with Gasteiger partial charge in [-0.1, -0.05) is 43.6 Å². The fourth-order valence-corrected chi connectivity index (χ4v) is 3.13. The number of carbonyl (C=O) groups excluding carboxylic acids is 2. The maximum Gasteiger partial charge on any atom is 0.375 e. The molecule has 0 unspecified atom stereocenters. The van der Waals surface area contributed by atoms with Crippen LogP contribution in [0.25, 0.3) is 11.0 Å². The summed E-state index contributed by atoms with van der Waals surface area (Å²) >= 11 is 5.95. The number of carbonyl (C=O) groups is 2. The monoisotopic (exact) mass is 399 g/mol. The average Bonchev–Trinajstić information content (AvgIpc) is 3.06. The van der Waals surface area contributed by atoms with Gasteiger partial charge in [-0.15, -0.1) is 0 Å². The van der Waals surface area contributed by atoms with Crippen molar-refractivity contribution in [3.63, 3.8) is 0 Å². The van der Waals surface area contributed by atoms with E-state index in [1.165, 1.54) is 6.92 Å². The highest BCUT2D eigenvalue weighted by molar-refractivity contribution is 6.31. The minimum Gasteiger partial charge on any atom is -0.449 e. The number of benzene rings is 2. The number of halogens is 1. The third-order valence-corrected chi connectivity index (χ3v) is 4.74. The number of fused-ring (bicyclic) bond motifs is 1. The first-order valence-electron chi connectivity index (χ1n) is 9.06. The zero-order chi connectivity index (χ0) is 20.4. The van der Waals surface area contributed by atoms with Crippen molar-refractivity contribution in [1.29, 1.82) is 0 Å². The van der Waals surface area contributed by atoms with Crippen LogP contribution in [0, 0.1) is 6.92 Å². The normalized spacial score (nSPS) is 12.2. The average molecular weight is 400 g/mol. The molecule has 1 amide bonds. The lowest BCUT2D eigenvalue weighted by Crippen LogP contribution is -2.30. The lowest BCUT2D eigenvalue weighted by atomic mass is 9.98. The Balaban J connectivity index is 1.72.